The van der Waals surface area contributed by atoms with Crippen LogP contribution in [0.15, 0.2) is 18.2 Å². The van der Waals surface area contributed by atoms with Crippen LogP contribution in [0.4, 0.5) is 5.69 Å². The molecule has 2 rings (SSSR count). The van der Waals surface area contributed by atoms with Crippen LogP contribution in [0.3, 0.4) is 0 Å². The molecular formula is C14H18N2O3. The van der Waals surface area contributed by atoms with E-state index in [0.29, 0.717) is 30.1 Å². The minimum atomic E-state index is -0.0392. The Balaban J connectivity index is 2.10. The van der Waals surface area contributed by atoms with Crippen LogP contribution in [0.2, 0.25) is 0 Å². The monoisotopic (exact) mass is 262 g/mol. The molecule has 0 aliphatic carbocycles. The molecule has 5 nitrogen and oxygen atoms in total. The van der Waals surface area contributed by atoms with Crippen LogP contribution in [-0.4, -0.2) is 37.3 Å². The first-order chi connectivity index (χ1) is 9.15. The van der Waals surface area contributed by atoms with Gasteiger partial charge in [-0.15, -0.1) is 0 Å². The number of rotatable bonds is 3. The largest absolute Gasteiger partial charge is 0.495 e. The van der Waals surface area contributed by atoms with E-state index in [1.807, 2.05) is 0 Å². The second-order valence-electron chi connectivity index (χ2n) is 4.72. The molecule has 102 valence electrons. The van der Waals surface area contributed by atoms with Crippen molar-refractivity contribution in [3.8, 4) is 5.75 Å². The zero-order valence-electron chi connectivity index (χ0n) is 11.0. The summed E-state index contributed by atoms with van der Waals surface area (Å²) >= 11 is 0. The lowest BCUT2D eigenvalue weighted by Crippen LogP contribution is -2.38. The molecule has 19 heavy (non-hydrogen) atoms. The number of ether oxygens (including phenoxy) is 1. The van der Waals surface area contributed by atoms with Crippen molar-refractivity contribution in [1.82, 2.24) is 4.90 Å². The third-order valence-electron chi connectivity index (χ3n) is 3.50. The summed E-state index contributed by atoms with van der Waals surface area (Å²) < 4.78 is 5.12. The molecule has 2 N–H and O–H groups in total. The number of benzene rings is 1. The van der Waals surface area contributed by atoms with E-state index >= 15 is 0 Å². The lowest BCUT2D eigenvalue weighted by atomic mass is 9.98. The van der Waals surface area contributed by atoms with Gasteiger partial charge in [-0.05, 0) is 31.0 Å². The Kier molecular flexibility index (Phi) is 4.04. The van der Waals surface area contributed by atoms with Crippen LogP contribution < -0.4 is 10.5 Å². The topological polar surface area (TPSA) is 72.6 Å². The molecule has 1 heterocycles. The Labute approximate surface area is 112 Å². The first kappa shape index (κ1) is 13.4. The number of nitrogens with zero attached hydrogens (tertiary/aromatic N) is 1. The van der Waals surface area contributed by atoms with Gasteiger partial charge in [-0.25, -0.2) is 0 Å². The summed E-state index contributed by atoms with van der Waals surface area (Å²) in [5, 5.41) is 0. The lowest BCUT2D eigenvalue weighted by molar-refractivity contribution is -0.112. The standard InChI is InChI=1S/C14H18N2O3/c1-19-13-8-11(2-3-12(13)15)14(18)16-6-4-10(9-17)5-7-16/h2-3,8-10H,4-7,15H2,1H3. The van der Waals surface area contributed by atoms with Crippen molar-refractivity contribution >= 4 is 17.9 Å². The maximum Gasteiger partial charge on any atom is 0.253 e. The van der Waals surface area contributed by atoms with Gasteiger partial charge >= 0.3 is 0 Å². The fourth-order valence-corrected chi connectivity index (χ4v) is 2.27. The van der Waals surface area contributed by atoms with Crippen LogP contribution in [0.25, 0.3) is 0 Å². The SMILES string of the molecule is COc1cc(C(=O)N2CCC(C=O)CC2)ccc1N. The van der Waals surface area contributed by atoms with Gasteiger partial charge in [0.15, 0.2) is 0 Å². The van der Waals surface area contributed by atoms with Crippen LogP contribution >= 0.6 is 0 Å². The van der Waals surface area contributed by atoms with E-state index in [-0.39, 0.29) is 11.8 Å². The molecule has 0 spiro atoms. The van der Waals surface area contributed by atoms with Gasteiger partial charge in [0, 0.05) is 24.6 Å². The third kappa shape index (κ3) is 2.86. The Hall–Kier alpha value is -2.04. The van der Waals surface area contributed by atoms with Crippen molar-refractivity contribution < 1.29 is 14.3 Å². The van der Waals surface area contributed by atoms with E-state index < -0.39 is 0 Å². The summed E-state index contributed by atoms with van der Waals surface area (Å²) in [6.07, 6.45) is 2.46. The number of hydrogen-bond donors (Lipinski definition) is 1. The summed E-state index contributed by atoms with van der Waals surface area (Å²) in [4.78, 5) is 24.8. The fraction of sp³-hybridized carbons (Fsp3) is 0.429. The molecule has 0 unspecified atom stereocenters. The molecule has 0 radical (unpaired) electrons. The highest BCUT2D eigenvalue weighted by molar-refractivity contribution is 5.95. The zero-order chi connectivity index (χ0) is 13.8. The zero-order valence-corrected chi connectivity index (χ0v) is 11.0. The van der Waals surface area contributed by atoms with Crippen LogP contribution in [0, 0.1) is 5.92 Å². The number of carbonyl (C=O) groups is 2. The highest BCUT2D eigenvalue weighted by Crippen LogP contribution is 2.24. The summed E-state index contributed by atoms with van der Waals surface area (Å²) in [6, 6.07) is 5.03. The molecule has 1 fully saturated rings. The minimum absolute atomic E-state index is 0.0392. The van der Waals surface area contributed by atoms with Gasteiger partial charge in [0.1, 0.15) is 12.0 Å². The predicted molar refractivity (Wildman–Crippen MR) is 72.1 cm³/mol. The molecule has 1 saturated heterocycles. The number of piperidine rings is 1. The quantitative estimate of drug-likeness (QED) is 0.659. The number of nitrogen functional groups attached to an aromatic ring is 1. The molecule has 1 aliphatic rings. The first-order valence-corrected chi connectivity index (χ1v) is 6.33. The number of amides is 1. The molecule has 5 heteroatoms. The highest BCUT2D eigenvalue weighted by atomic mass is 16.5. The van der Waals surface area contributed by atoms with Crippen LogP contribution in [-0.2, 0) is 4.79 Å². The third-order valence-corrected chi connectivity index (χ3v) is 3.50. The van der Waals surface area contributed by atoms with Gasteiger partial charge in [0.25, 0.3) is 5.91 Å². The second kappa shape index (κ2) is 5.73. The summed E-state index contributed by atoms with van der Waals surface area (Å²) in [5.74, 6) is 0.557. The molecule has 1 aromatic rings. The maximum absolute atomic E-state index is 12.3. The second-order valence-corrected chi connectivity index (χ2v) is 4.72. The molecule has 0 atom stereocenters. The lowest BCUT2D eigenvalue weighted by Gasteiger charge is -2.29. The van der Waals surface area contributed by atoms with E-state index in [9.17, 15) is 9.59 Å². The number of methoxy groups -OCH3 is 1. The average molecular weight is 262 g/mol. The molecular weight excluding hydrogens is 244 g/mol. The number of carbonyl (C=O) groups excluding carboxylic acids is 2. The Morgan fingerprint density at radius 1 is 1.42 bits per heavy atom. The van der Waals surface area contributed by atoms with Crippen molar-refractivity contribution in [2.75, 3.05) is 25.9 Å². The van der Waals surface area contributed by atoms with Crippen LogP contribution in [0.5, 0.6) is 5.75 Å². The molecule has 0 aromatic heterocycles. The Morgan fingerprint density at radius 2 is 2.11 bits per heavy atom. The Bertz CT molecular complexity index is 480. The average Bonchev–Trinajstić information content (AvgIpc) is 2.47. The van der Waals surface area contributed by atoms with Gasteiger partial charge in [-0.3, -0.25) is 4.79 Å². The summed E-state index contributed by atoms with van der Waals surface area (Å²) in [5.41, 5.74) is 6.80. The van der Waals surface area contributed by atoms with E-state index in [4.69, 9.17) is 10.5 Å². The summed E-state index contributed by atoms with van der Waals surface area (Å²) in [6.45, 7) is 1.24. The Morgan fingerprint density at radius 3 is 2.68 bits per heavy atom. The molecule has 1 amide bonds. The molecule has 0 saturated carbocycles. The molecule has 0 bridgehead atoms. The highest BCUT2D eigenvalue weighted by Gasteiger charge is 2.23. The van der Waals surface area contributed by atoms with Gasteiger partial charge in [-0.1, -0.05) is 0 Å². The van der Waals surface area contributed by atoms with E-state index in [1.54, 1.807) is 23.1 Å². The number of hydrogen-bond acceptors (Lipinski definition) is 4. The van der Waals surface area contributed by atoms with Crippen molar-refractivity contribution in [3.63, 3.8) is 0 Å². The van der Waals surface area contributed by atoms with Crippen molar-refractivity contribution in [2.45, 2.75) is 12.8 Å². The first-order valence-electron chi connectivity index (χ1n) is 6.33. The van der Waals surface area contributed by atoms with E-state index in [0.717, 1.165) is 19.1 Å². The fourth-order valence-electron chi connectivity index (χ4n) is 2.27. The number of anilines is 1. The number of nitrogens with two attached hydrogens (primary N) is 1. The van der Waals surface area contributed by atoms with Gasteiger partial charge < -0.3 is 20.2 Å². The molecule has 1 aliphatic heterocycles. The van der Waals surface area contributed by atoms with E-state index in [2.05, 4.69) is 0 Å². The number of likely N-dealkylation sites (tertiary alicyclic amines) is 1. The maximum atomic E-state index is 12.3. The van der Waals surface area contributed by atoms with Crippen molar-refractivity contribution in [2.24, 2.45) is 5.92 Å². The molecule has 1 aromatic carbocycles. The van der Waals surface area contributed by atoms with Crippen molar-refractivity contribution in [3.05, 3.63) is 23.8 Å². The summed E-state index contributed by atoms with van der Waals surface area (Å²) in [7, 11) is 1.52. The van der Waals surface area contributed by atoms with Gasteiger partial charge in [-0.2, -0.15) is 0 Å². The normalized spacial score (nSPS) is 16.2. The van der Waals surface area contributed by atoms with Gasteiger partial charge in [0.2, 0.25) is 0 Å². The smallest absolute Gasteiger partial charge is 0.253 e. The van der Waals surface area contributed by atoms with Gasteiger partial charge in [0.05, 0.1) is 12.8 Å². The van der Waals surface area contributed by atoms with Crippen molar-refractivity contribution in [1.29, 1.82) is 0 Å². The van der Waals surface area contributed by atoms with E-state index in [1.165, 1.54) is 7.11 Å². The van der Waals surface area contributed by atoms with Crippen LogP contribution in [0.1, 0.15) is 23.2 Å². The predicted octanol–water partition coefficient (Wildman–Crippen LogP) is 1.33. The minimum Gasteiger partial charge on any atom is -0.495 e. The number of aldehydes is 1.